The number of nitrogens with two attached hydrogens (primary N) is 1. The lowest BCUT2D eigenvalue weighted by Crippen LogP contribution is -2.27. The van der Waals surface area contributed by atoms with Crippen molar-refractivity contribution in [3.8, 4) is 11.8 Å². The molecule has 0 saturated carbocycles. The number of carbonyl (C=O) groups is 1. The predicted octanol–water partition coefficient (Wildman–Crippen LogP) is 0.390. The van der Waals surface area contributed by atoms with E-state index in [1.807, 2.05) is 6.07 Å². The highest BCUT2D eigenvalue weighted by Crippen LogP contribution is 2.03. The van der Waals surface area contributed by atoms with Gasteiger partial charge in [0.2, 0.25) is 0 Å². The molecule has 20 heavy (non-hydrogen) atoms. The molecule has 108 valence electrons. The van der Waals surface area contributed by atoms with Crippen LogP contribution in [0.3, 0.4) is 0 Å². The quantitative estimate of drug-likeness (QED) is 0.558. The first-order valence-electron chi connectivity index (χ1n) is 6.42. The number of hydrogen-bond donors (Lipinski definition) is 2. The molecule has 0 saturated heterocycles. The molecule has 0 aliphatic rings. The van der Waals surface area contributed by atoms with Gasteiger partial charge in [-0.05, 0) is 18.2 Å². The Balaban J connectivity index is 2.39. The van der Waals surface area contributed by atoms with E-state index in [9.17, 15) is 4.79 Å². The van der Waals surface area contributed by atoms with Crippen molar-refractivity contribution in [1.82, 2.24) is 5.32 Å². The van der Waals surface area contributed by atoms with Crippen LogP contribution >= 0.6 is 0 Å². The van der Waals surface area contributed by atoms with E-state index < -0.39 is 0 Å². The van der Waals surface area contributed by atoms with E-state index in [-0.39, 0.29) is 5.91 Å². The minimum atomic E-state index is -0.142. The molecular formula is C15H20N2O3. The minimum Gasteiger partial charge on any atom is -0.382 e. The van der Waals surface area contributed by atoms with Crippen LogP contribution in [0.25, 0.3) is 0 Å². The molecule has 1 aromatic rings. The molecule has 0 spiro atoms. The normalized spacial score (nSPS) is 9.70. The van der Waals surface area contributed by atoms with E-state index >= 15 is 0 Å². The zero-order chi connectivity index (χ0) is 14.6. The molecule has 1 rings (SSSR count). The summed E-state index contributed by atoms with van der Waals surface area (Å²) in [7, 11) is 1.62. The zero-order valence-electron chi connectivity index (χ0n) is 11.6. The Morgan fingerprint density at radius 1 is 1.35 bits per heavy atom. The molecule has 0 atom stereocenters. The van der Waals surface area contributed by atoms with Gasteiger partial charge in [0.15, 0.2) is 0 Å². The molecule has 1 aromatic carbocycles. The SMILES string of the molecule is COCCOCCNC(=O)c1cccc(C#CCN)c1. The van der Waals surface area contributed by atoms with Crippen LogP contribution in [0.2, 0.25) is 0 Å². The number of methoxy groups -OCH3 is 1. The van der Waals surface area contributed by atoms with Gasteiger partial charge >= 0.3 is 0 Å². The number of hydrogen-bond acceptors (Lipinski definition) is 4. The summed E-state index contributed by atoms with van der Waals surface area (Å²) >= 11 is 0. The maximum Gasteiger partial charge on any atom is 0.251 e. The van der Waals surface area contributed by atoms with E-state index in [0.717, 1.165) is 5.56 Å². The monoisotopic (exact) mass is 276 g/mol. The second-order valence-electron chi connectivity index (χ2n) is 3.95. The molecule has 0 aliphatic heterocycles. The first-order chi connectivity index (χ1) is 9.77. The number of rotatable bonds is 7. The van der Waals surface area contributed by atoms with Gasteiger partial charge in [0, 0.05) is 24.8 Å². The van der Waals surface area contributed by atoms with Crippen LogP contribution in [-0.4, -0.2) is 45.9 Å². The van der Waals surface area contributed by atoms with Gasteiger partial charge in [-0.2, -0.15) is 0 Å². The summed E-state index contributed by atoms with van der Waals surface area (Å²) < 4.78 is 10.1. The van der Waals surface area contributed by atoms with Crippen molar-refractivity contribution >= 4 is 5.91 Å². The van der Waals surface area contributed by atoms with E-state index in [0.29, 0.717) is 38.5 Å². The Kier molecular flexibility index (Phi) is 8.08. The Morgan fingerprint density at radius 2 is 2.20 bits per heavy atom. The van der Waals surface area contributed by atoms with Crippen molar-refractivity contribution in [3.63, 3.8) is 0 Å². The fraction of sp³-hybridized carbons (Fsp3) is 0.400. The van der Waals surface area contributed by atoms with E-state index in [4.69, 9.17) is 15.2 Å². The van der Waals surface area contributed by atoms with Crippen molar-refractivity contribution in [3.05, 3.63) is 35.4 Å². The maximum atomic E-state index is 11.9. The van der Waals surface area contributed by atoms with Crippen LogP contribution in [0, 0.1) is 11.8 Å². The summed E-state index contributed by atoms with van der Waals surface area (Å²) in [4.78, 5) is 11.9. The first kappa shape index (κ1) is 16.2. The predicted molar refractivity (Wildman–Crippen MR) is 77.4 cm³/mol. The van der Waals surface area contributed by atoms with Crippen LogP contribution in [0.15, 0.2) is 24.3 Å². The Bertz CT molecular complexity index is 477. The third kappa shape index (κ3) is 6.34. The van der Waals surface area contributed by atoms with Gasteiger partial charge in [-0.15, -0.1) is 0 Å². The van der Waals surface area contributed by atoms with Gasteiger partial charge in [0.25, 0.3) is 5.91 Å². The molecule has 0 unspecified atom stereocenters. The molecule has 0 aromatic heterocycles. The number of amides is 1. The highest BCUT2D eigenvalue weighted by molar-refractivity contribution is 5.94. The van der Waals surface area contributed by atoms with Gasteiger partial charge in [-0.3, -0.25) is 4.79 Å². The highest BCUT2D eigenvalue weighted by Gasteiger charge is 2.04. The molecule has 5 nitrogen and oxygen atoms in total. The summed E-state index contributed by atoms with van der Waals surface area (Å²) in [6, 6.07) is 7.12. The smallest absolute Gasteiger partial charge is 0.251 e. The van der Waals surface area contributed by atoms with Gasteiger partial charge < -0.3 is 20.5 Å². The lowest BCUT2D eigenvalue weighted by Gasteiger charge is -2.06. The summed E-state index contributed by atoms with van der Waals surface area (Å²) in [5.41, 5.74) is 6.67. The molecule has 1 amide bonds. The zero-order valence-corrected chi connectivity index (χ0v) is 11.6. The molecule has 5 heteroatoms. The van der Waals surface area contributed by atoms with Crippen LogP contribution in [0.4, 0.5) is 0 Å². The first-order valence-corrected chi connectivity index (χ1v) is 6.42. The minimum absolute atomic E-state index is 0.142. The topological polar surface area (TPSA) is 73.6 Å². The van der Waals surface area contributed by atoms with Crippen LogP contribution in [0.1, 0.15) is 15.9 Å². The largest absolute Gasteiger partial charge is 0.382 e. The van der Waals surface area contributed by atoms with E-state index in [2.05, 4.69) is 17.2 Å². The van der Waals surface area contributed by atoms with E-state index in [1.165, 1.54) is 0 Å². The Morgan fingerprint density at radius 3 is 2.95 bits per heavy atom. The van der Waals surface area contributed by atoms with Gasteiger partial charge in [0.1, 0.15) is 0 Å². The molecular weight excluding hydrogens is 256 g/mol. The van der Waals surface area contributed by atoms with Gasteiger partial charge in [-0.25, -0.2) is 0 Å². The van der Waals surface area contributed by atoms with Crippen LogP contribution in [0.5, 0.6) is 0 Å². The fourth-order valence-electron chi connectivity index (χ4n) is 1.47. The lowest BCUT2D eigenvalue weighted by molar-refractivity contribution is 0.0692. The molecule has 0 radical (unpaired) electrons. The maximum absolute atomic E-state index is 11.9. The Labute approximate surface area is 119 Å². The molecule has 0 fully saturated rings. The molecule has 0 bridgehead atoms. The summed E-state index contributed by atoms with van der Waals surface area (Å²) in [6.45, 7) is 2.30. The summed E-state index contributed by atoms with van der Waals surface area (Å²) in [5, 5.41) is 2.78. The standard InChI is InChI=1S/C15H20N2O3/c1-19-10-11-20-9-8-17-15(18)14-6-2-4-13(12-14)5-3-7-16/h2,4,6,12H,7-11,16H2,1H3,(H,17,18). The number of nitrogens with one attached hydrogen (secondary N) is 1. The lowest BCUT2D eigenvalue weighted by atomic mass is 10.1. The molecule has 0 aliphatic carbocycles. The van der Waals surface area contributed by atoms with Crippen molar-refractivity contribution in [2.45, 2.75) is 0 Å². The fourth-order valence-corrected chi connectivity index (χ4v) is 1.47. The second-order valence-corrected chi connectivity index (χ2v) is 3.95. The molecule has 0 heterocycles. The third-order valence-corrected chi connectivity index (χ3v) is 2.42. The van der Waals surface area contributed by atoms with Gasteiger partial charge in [0.05, 0.1) is 26.4 Å². The van der Waals surface area contributed by atoms with E-state index in [1.54, 1.807) is 25.3 Å². The van der Waals surface area contributed by atoms with Crippen molar-refractivity contribution in [2.24, 2.45) is 5.73 Å². The number of carbonyl (C=O) groups excluding carboxylic acids is 1. The summed E-state index contributed by atoms with van der Waals surface area (Å²) in [6.07, 6.45) is 0. The average molecular weight is 276 g/mol. The van der Waals surface area contributed by atoms with Crippen LogP contribution in [-0.2, 0) is 9.47 Å². The number of ether oxygens (including phenoxy) is 2. The Hall–Kier alpha value is -1.87. The van der Waals surface area contributed by atoms with Crippen molar-refractivity contribution in [2.75, 3.05) is 40.0 Å². The average Bonchev–Trinajstić information content (AvgIpc) is 2.48. The van der Waals surface area contributed by atoms with Crippen molar-refractivity contribution < 1.29 is 14.3 Å². The molecule has 3 N–H and O–H groups in total. The summed E-state index contributed by atoms with van der Waals surface area (Å²) in [5.74, 6) is 5.51. The van der Waals surface area contributed by atoms with Gasteiger partial charge in [-0.1, -0.05) is 17.9 Å². The third-order valence-electron chi connectivity index (χ3n) is 2.42. The second kappa shape index (κ2) is 9.98. The van der Waals surface area contributed by atoms with Crippen molar-refractivity contribution in [1.29, 1.82) is 0 Å². The number of benzene rings is 1. The van der Waals surface area contributed by atoms with Crippen LogP contribution < -0.4 is 11.1 Å². The highest BCUT2D eigenvalue weighted by atomic mass is 16.5.